The van der Waals surface area contributed by atoms with Crippen LogP contribution in [0.2, 0.25) is 0 Å². The molecule has 1 aromatic carbocycles. The van der Waals surface area contributed by atoms with Gasteiger partial charge in [-0.25, -0.2) is 4.79 Å². The second-order valence-corrected chi connectivity index (χ2v) is 3.97. The van der Waals surface area contributed by atoms with Crippen molar-refractivity contribution in [3.05, 3.63) is 45.8 Å². The third kappa shape index (κ3) is 1.97. The summed E-state index contributed by atoms with van der Waals surface area (Å²) in [5, 5.41) is 1.67. The molecule has 2 nitrogen and oxygen atoms in total. The normalized spacial score (nSPS) is 10.8. The lowest BCUT2D eigenvalue weighted by atomic mass is 10.1. The van der Waals surface area contributed by atoms with Crippen molar-refractivity contribution in [3.63, 3.8) is 0 Å². The van der Waals surface area contributed by atoms with E-state index in [1.54, 1.807) is 0 Å². The van der Waals surface area contributed by atoms with Gasteiger partial charge in [-0.15, -0.1) is 0 Å². The van der Waals surface area contributed by atoms with Crippen LogP contribution in [0.5, 0.6) is 0 Å². The van der Waals surface area contributed by atoms with Crippen LogP contribution in [0.4, 0.5) is 0 Å². The van der Waals surface area contributed by atoms with E-state index in [1.807, 2.05) is 12.1 Å². The smallest absolute Gasteiger partial charge is 0.336 e. The molecule has 0 bridgehead atoms. The summed E-state index contributed by atoms with van der Waals surface area (Å²) >= 11 is 3.37. The van der Waals surface area contributed by atoms with Crippen molar-refractivity contribution >= 4 is 26.9 Å². The average molecular weight is 267 g/mol. The van der Waals surface area contributed by atoms with E-state index in [0.29, 0.717) is 10.9 Å². The first-order valence-corrected chi connectivity index (χ1v) is 5.98. The molecule has 78 valence electrons. The van der Waals surface area contributed by atoms with Crippen molar-refractivity contribution < 1.29 is 4.42 Å². The molecule has 0 amide bonds. The predicted octanol–water partition coefficient (Wildman–Crippen LogP) is 3.25. The fourth-order valence-corrected chi connectivity index (χ4v) is 2.07. The van der Waals surface area contributed by atoms with Gasteiger partial charge < -0.3 is 4.42 Å². The highest BCUT2D eigenvalue weighted by Gasteiger charge is 2.04. The number of hydrogen-bond acceptors (Lipinski definition) is 2. The van der Waals surface area contributed by atoms with Gasteiger partial charge in [-0.1, -0.05) is 35.0 Å². The van der Waals surface area contributed by atoms with Crippen LogP contribution >= 0.6 is 15.9 Å². The summed E-state index contributed by atoms with van der Waals surface area (Å²) in [6.45, 7) is 2.08. The summed E-state index contributed by atoms with van der Waals surface area (Å²) in [6.07, 6.45) is 0.943. The van der Waals surface area contributed by atoms with Gasteiger partial charge >= 0.3 is 5.63 Å². The first-order valence-electron chi connectivity index (χ1n) is 4.86. The number of halogens is 1. The zero-order valence-corrected chi connectivity index (χ0v) is 10.0. The monoisotopic (exact) mass is 266 g/mol. The fraction of sp³-hybridized carbons (Fsp3) is 0.250. The lowest BCUT2D eigenvalue weighted by molar-refractivity contribution is 0.559. The molecule has 0 spiro atoms. The second kappa shape index (κ2) is 4.19. The largest absolute Gasteiger partial charge is 0.423 e. The molecule has 3 heteroatoms. The van der Waals surface area contributed by atoms with E-state index in [2.05, 4.69) is 28.9 Å². The number of fused-ring (bicyclic) bond motifs is 1. The van der Waals surface area contributed by atoms with Crippen LogP contribution in [0.1, 0.15) is 18.1 Å². The highest BCUT2D eigenvalue weighted by Crippen LogP contribution is 2.20. The Kier molecular flexibility index (Phi) is 2.91. The van der Waals surface area contributed by atoms with E-state index in [-0.39, 0.29) is 5.63 Å². The lowest BCUT2D eigenvalue weighted by Crippen LogP contribution is -1.99. The van der Waals surface area contributed by atoms with Crippen molar-refractivity contribution in [1.82, 2.24) is 0 Å². The Morgan fingerprint density at radius 2 is 2.13 bits per heavy atom. The molecule has 0 aliphatic carbocycles. The molecule has 0 aliphatic heterocycles. The van der Waals surface area contributed by atoms with Gasteiger partial charge in [0.15, 0.2) is 0 Å². The van der Waals surface area contributed by atoms with E-state index in [0.717, 1.165) is 17.4 Å². The summed E-state index contributed by atoms with van der Waals surface area (Å²) < 4.78 is 5.17. The van der Waals surface area contributed by atoms with Crippen LogP contribution in [-0.2, 0) is 11.8 Å². The number of hydrogen-bond donors (Lipinski definition) is 0. The van der Waals surface area contributed by atoms with Gasteiger partial charge in [0.05, 0.1) is 0 Å². The van der Waals surface area contributed by atoms with Crippen LogP contribution in [0.3, 0.4) is 0 Å². The first-order chi connectivity index (χ1) is 7.24. The van der Waals surface area contributed by atoms with Gasteiger partial charge in [0.1, 0.15) is 5.58 Å². The number of rotatable bonds is 2. The molecule has 1 heterocycles. The van der Waals surface area contributed by atoms with Crippen LogP contribution in [-0.4, -0.2) is 0 Å². The molecule has 0 fully saturated rings. The molecule has 0 aliphatic rings. The van der Waals surface area contributed by atoms with Crippen LogP contribution < -0.4 is 5.63 Å². The van der Waals surface area contributed by atoms with Gasteiger partial charge in [-0.05, 0) is 23.6 Å². The number of benzene rings is 1. The van der Waals surface area contributed by atoms with E-state index < -0.39 is 0 Å². The molecule has 0 saturated heterocycles. The van der Waals surface area contributed by atoms with E-state index in [1.165, 1.54) is 11.6 Å². The Hall–Kier alpha value is -1.09. The molecule has 2 rings (SSSR count). The van der Waals surface area contributed by atoms with E-state index in [4.69, 9.17) is 4.42 Å². The molecule has 0 radical (unpaired) electrons. The summed E-state index contributed by atoms with van der Waals surface area (Å²) in [4.78, 5) is 11.3. The molecular formula is C12H11BrO2. The van der Waals surface area contributed by atoms with Crippen LogP contribution in [0.25, 0.3) is 11.0 Å². The predicted molar refractivity (Wildman–Crippen MR) is 64.5 cm³/mol. The van der Waals surface area contributed by atoms with Crippen molar-refractivity contribution in [1.29, 1.82) is 0 Å². The SMILES string of the molecule is CCc1ccc2c(CBr)cc(=O)oc2c1. The van der Waals surface area contributed by atoms with Gasteiger partial charge in [0.25, 0.3) is 0 Å². The standard InChI is InChI=1S/C12H11BrO2/c1-2-8-3-4-10-9(7-13)6-12(14)15-11(10)5-8/h3-6H,2,7H2,1H3. The molecule has 1 aromatic heterocycles. The maximum Gasteiger partial charge on any atom is 0.336 e. The molecule has 0 N–H and O–H groups in total. The molecular weight excluding hydrogens is 256 g/mol. The molecule has 15 heavy (non-hydrogen) atoms. The van der Waals surface area contributed by atoms with Crippen molar-refractivity contribution in [3.8, 4) is 0 Å². The molecule has 0 saturated carbocycles. The first kappa shape index (κ1) is 10.4. The van der Waals surface area contributed by atoms with Crippen molar-refractivity contribution in [2.45, 2.75) is 18.7 Å². The Morgan fingerprint density at radius 1 is 1.33 bits per heavy atom. The second-order valence-electron chi connectivity index (χ2n) is 3.41. The van der Waals surface area contributed by atoms with E-state index in [9.17, 15) is 4.79 Å². The third-order valence-electron chi connectivity index (χ3n) is 2.45. The lowest BCUT2D eigenvalue weighted by Gasteiger charge is -2.03. The zero-order chi connectivity index (χ0) is 10.8. The molecule has 0 atom stereocenters. The minimum atomic E-state index is -0.287. The highest BCUT2D eigenvalue weighted by atomic mass is 79.9. The number of aryl methyl sites for hydroxylation is 1. The fourth-order valence-electron chi connectivity index (χ4n) is 1.60. The third-order valence-corrected chi connectivity index (χ3v) is 3.05. The van der Waals surface area contributed by atoms with Crippen LogP contribution in [0, 0.1) is 0 Å². The molecule has 2 aromatic rings. The highest BCUT2D eigenvalue weighted by molar-refractivity contribution is 9.08. The van der Waals surface area contributed by atoms with Gasteiger partial charge in [0.2, 0.25) is 0 Å². The minimum Gasteiger partial charge on any atom is -0.423 e. The van der Waals surface area contributed by atoms with Crippen molar-refractivity contribution in [2.24, 2.45) is 0 Å². The number of alkyl halides is 1. The summed E-state index contributed by atoms with van der Waals surface area (Å²) in [7, 11) is 0. The Bertz CT molecular complexity index is 543. The van der Waals surface area contributed by atoms with Gasteiger partial charge in [-0.2, -0.15) is 0 Å². The zero-order valence-electron chi connectivity index (χ0n) is 8.42. The van der Waals surface area contributed by atoms with Gasteiger partial charge in [0, 0.05) is 16.8 Å². The Balaban J connectivity index is 2.78. The maximum atomic E-state index is 11.3. The Morgan fingerprint density at radius 3 is 2.80 bits per heavy atom. The molecule has 0 unspecified atom stereocenters. The van der Waals surface area contributed by atoms with Crippen molar-refractivity contribution in [2.75, 3.05) is 0 Å². The quantitative estimate of drug-likeness (QED) is 0.617. The average Bonchev–Trinajstić information content (AvgIpc) is 2.26. The summed E-state index contributed by atoms with van der Waals surface area (Å²) in [6, 6.07) is 7.54. The van der Waals surface area contributed by atoms with Gasteiger partial charge in [-0.3, -0.25) is 0 Å². The maximum absolute atomic E-state index is 11.3. The Labute approximate surface area is 96.0 Å². The summed E-state index contributed by atoms with van der Waals surface area (Å²) in [5.74, 6) is 0. The topological polar surface area (TPSA) is 30.2 Å². The summed E-state index contributed by atoms with van der Waals surface area (Å²) in [5.41, 5.74) is 2.54. The minimum absolute atomic E-state index is 0.287. The van der Waals surface area contributed by atoms with E-state index >= 15 is 0 Å². The van der Waals surface area contributed by atoms with Crippen LogP contribution in [0.15, 0.2) is 33.5 Å².